The number of hydrogen-bond donors (Lipinski definition) is 2. The Morgan fingerprint density at radius 3 is 2.66 bits per heavy atom. The van der Waals surface area contributed by atoms with Crippen molar-refractivity contribution in [2.24, 2.45) is 17.6 Å². The Morgan fingerprint density at radius 1 is 1.22 bits per heavy atom. The summed E-state index contributed by atoms with van der Waals surface area (Å²) in [6, 6.07) is 10.5. The first-order chi connectivity index (χ1) is 15.3. The van der Waals surface area contributed by atoms with Crippen LogP contribution in [0.25, 0.3) is 16.9 Å². The number of rotatable bonds is 8. The fourth-order valence-electron chi connectivity index (χ4n) is 4.27. The van der Waals surface area contributed by atoms with Crippen LogP contribution in [0.15, 0.2) is 42.9 Å². The van der Waals surface area contributed by atoms with Gasteiger partial charge < -0.3 is 15.4 Å². The third-order valence-electron chi connectivity index (χ3n) is 6.02. The molecule has 0 saturated carbocycles. The third kappa shape index (κ3) is 4.74. The zero-order valence-corrected chi connectivity index (χ0v) is 19.0. The average molecular weight is 434 g/mol. The molecule has 3 N–H and O–H groups in total. The normalized spacial score (nSPS) is 14.7. The lowest BCUT2D eigenvalue weighted by Gasteiger charge is -2.36. The second-order valence-corrected chi connectivity index (χ2v) is 9.09. The number of aryl methyl sites for hydroxylation is 1. The maximum Gasteiger partial charge on any atom is 0.309 e. The van der Waals surface area contributed by atoms with E-state index in [1.165, 1.54) is 11.1 Å². The molecule has 32 heavy (non-hydrogen) atoms. The largest absolute Gasteiger partial charge is 0.481 e. The second kappa shape index (κ2) is 9.22. The third-order valence-corrected chi connectivity index (χ3v) is 6.02. The summed E-state index contributed by atoms with van der Waals surface area (Å²) in [7, 11) is 0. The van der Waals surface area contributed by atoms with Gasteiger partial charge in [0.05, 0.1) is 35.0 Å². The lowest BCUT2D eigenvalue weighted by atomic mass is 9.95. The summed E-state index contributed by atoms with van der Waals surface area (Å²) in [6.45, 7) is 8.78. The molecule has 3 heterocycles. The van der Waals surface area contributed by atoms with Crippen LogP contribution in [0.5, 0.6) is 0 Å². The molecule has 1 aromatic carbocycles. The summed E-state index contributed by atoms with van der Waals surface area (Å²) in [5.41, 5.74) is 13.3. The van der Waals surface area contributed by atoms with E-state index in [-0.39, 0.29) is 5.92 Å². The van der Waals surface area contributed by atoms with E-state index in [0.717, 1.165) is 34.8 Å². The Kier molecular flexibility index (Phi) is 6.39. The van der Waals surface area contributed by atoms with Crippen molar-refractivity contribution in [2.75, 3.05) is 13.1 Å². The first kappa shape index (κ1) is 22.2. The van der Waals surface area contributed by atoms with E-state index in [9.17, 15) is 4.79 Å². The summed E-state index contributed by atoms with van der Waals surface area (Å²) in [5.74, 6) is -0.382. The van der Waals surface area contributed by atoms with Crippen molar-refractivity contribution in [3.8, 4) is 16.9 Å². The zero-order valence-electron chi connectivity index (χ0n) is 19.0. The molecule has 2 aromatic heterocycles. The highest BCUT2D eigenvalue weighted by Crippen LogP contribution is 2.25. The fourth-order valence-corrected chi connectivity index (χ4v) is 4.27. The van der Waals surface area contributed by atoms with Crippen LogP contribution in [0, 0.1) is 18.8 Å². The molecule has 1 saturated heterocycles. The molecule has 0 atom stereocenters. The van der Waals surface area contributed by atoms with Gasteiger partial charge in [0.25, 0.3) is 0 Å². The Labute approximate surface area is 188 Å². The van der Waals surface area contributed by atoms with Gasteiger partial charge in [-0.1, -0.05) is 26.0 Å². The van der Waals surface area contributed by atoms with Gasteiger partial charge in [0.1, 0.15) is 0 Å². The van der Waals surface area contributed by atoms with Crippen LogP contribution in [0.1, 0.15) is 36.4 Å². The standard InChI is InChI=1S/C25H31N5O2/c1-16(2)8-18-4-5-19(9-20(18)10-26)23-14-30(15-27-23)24-7-6-22(28-17(24)3)13-29-11-21(12-29)25(31)32/h4-7,9,14-16,21H,8,10-13,26H2,1-3H3,(H,31,32). The number of nitrogens with two attached hydrogens (primary N) is 1. The van der Waals surface area contributed by atoms with E-state index in [1.807, 2.05) is 30.1 Å². The Hall–Kier alpha value is -3.03. The molecule has 168 valence electrons. The molecule has 1 aliphatic heterocycles. The number of carboxylic acid groups (broad SMARTS) is 1. The molecule has 7 nitrogen and oxygen atoms in total. The summed E-state index contributed by atoms with van der Waals surface area (Å²) < 4.78 is 2.00. The average Bonchev–Trinajstić information content (AvgIpc) is 3.20. The number of carbonyl (C=O) groups is 1. The van der Waals surface area contributed by atoms with Gasteiger partial charge in [0.2, 0.25) is 0 Å². The predicted molar refractivity (Wildman–Crippen MR) is 124 cm³/mol. The molecule has 0 amide bonds. The second-order valence-electron chi connectivity index (χ2n) is 9.09. The molecule has 0 unspecified atom stereocenters. The number of aromatic nitrogens is 3. The Bertz CT molecular complexity index is 1120. The number of aliphatic carboxylic acids is 1. The molecule has 0 radical (unpaired) electrons. The van der Waals surface area contributed by atoms with Gasteiger partial charge in [-0.25, -0.2) is 4.98 Å². The Balaban J connectivity index is 1.49. The van der Waals surface area contributed by atoms with Crippen molar-refractivity contribution in [2.45, 2.75) is 40.3 Å². The predicted octanol–water partition coefficient (Wildman–Crippen LogP) is 3.42. The van der Waals surface area contributed by atoms with E-state index in [4.69, 9.17) is 15.8 Å². The molecule has 3 aromatic rings. The van der Waals surface area contributed by atoms with E-state index >= 15 is 0 Å². The maximum atomic E-state index is 11.0. The van der Waals surface area contributed by atoms with Crippen molar-refractivity contribution in [1.82, 2.24) is 19.4 Å². The van der Waals surface area contributed by atoms with Crippen LogP contribution < -0.4 is 5.73 Å². The molecule has 0 bridgehead atoms. The minimum absolute atomic E-state index is 0.251. The highest BCUT2D eigenvalue weighted by atomic mass is 16.4. The first-order valence-corrected chi connectivity index (χ1v) is 11.1. The Morgan fingerprint density at radius 2 is 2.00 bits per heavy atom. The quantitative estimate of drug-likeness (QED) is 0.565. The smallest absolute Gasteiger partial charge is 0.309 e. The van der Waals surface area contributed by atoms with Crippen LogP contribution in [-0.4, -0.2) is 43.6 Å². The zero-order chi connectivity index (χ0) is 22.8. The minimum atomic E-state index is -0.718. The fraction of sp³-hybridized carbons (Fsp3) is 0.400. The number of nitrogens with zero attached hydrogens (tertiary/aromatic N) is 4. The van der Waals surface area contributed by atoms with Crippen LogP contribution in [0.3, 0.4) is 0 Å². The molecular formula is C25H31N5O2. The topological polar surface area (TPSA) is 97.3 Å². The van der Waals surface area contributed by atoms with Gasteiger partial charge in [-0.15, -0.1) is 0 Å². The minimum Gasteiger partial charge on any atom is -0.481 e. The number of likely N-dealkylation sites (tertiary alicyclic amines) is 1. The van der Waals surface area contributed by atoms with Gasteiger partial charge in [-0.05, 0) is 48.6 Å². The van der Waals surface area contributed by atoms with Gasteiger partial charge in [0, 0.05) is 37.9 Å². The highest BCUT2D eigenvalue weighted by Gasteiger charge is 2.32. The van der Waals surface area contributed by atoms with E-state index in [0.29, 0.717) is 32.1 Å². The van der Waals surface area contributed by atoms with Crippen molar-refractivity contribution in [1.29, 1.82) is 0 Å². The van der Waals surface area contributed by atoms with Crippen LogP contribution >= 0.6 is 0 Å². The van der Waals surface area contributed by atoms with Crippen LogP contribution in [0.4, 0.5) is 0 Å². The van der Waals surface area contributed by atoms with Crippen molar-refractivity contribution in [3.63, 3.8) is 0 Å². The van der Waals surface area contributed by atoms with Crippen molar-refractivity contribution >= 4 is 5.97 Å². The van der Waals surface area contributed by atoms with E-state index in [1.54, 1.807) is 0 Å². The maximum absolute atomic E-state index is 11.0. The SMILES string of the molecule is Cc1nc(CN2CC(C(=O)O)C2)ccc1-n1cnc(-c2ccc(CC(C)C)c(CN)c2)c1. The number of hydrogen-bond acceptors (Lipinski definition) is 5. The summed E-state index contributed by atoms with van der Waals surface area (Å²) in [4.78, 5) is 22.4. The summed E-state index contributed by atoms with van der Waals surface area (Å²) in [5, 5.41) is 9.03. The van der Waals surface area contributed by atoms with E-state index in [2.05, 4.69) is 48.0 Å². The molecular weight excluding hydrogens is 402 g/mol. The van der Waals surface area contributed by atoms with Crippen molar-refractivity contribution < 1.29 is 9.90 Å². The molecule has 1 fully saturated rings. The van der Waals surface area contributed by atoms with Gasteiger partial charge >= 0.3 is 5.97 Å². The van der Waals surface area contributed by atoms with E-state index < -0.39 is 5.97 Å². The number of carboxylic acids is 1. The molecule has 0 spiro atoms. The summed E-state index contributed by atoms with van der Waals surface area (Å²) >= 11 is 0. The summed E-state index contributed by atoms with van der Waals surface area (Å²) in [6.07, 6.45) is 4.86. The highest BCUT2D eigenvalue weighted by molar-refractivity contribution is 5.71. The molecule has 4 rings (SSSR count). The molecule has 7 heteroatoms. The van der Waals surface area contributed by atoms with Crippen LogP contribution in [-0.2, 0) is 24.3 Å². The molecule has 0 aliphatic carbocycles. The van der Waals surface area contributed by atoms with Gasteiger partial charge in [0.15, 0.2) is 0 Å². The number of benzene rings is 1. The lowest BCUT2D eigenvalue weighted by molar-refractivity contribution is -0.147. The van der Waals surface area contributed by atoms with Gasteiger partial charge in [-0.3, -0.25) is 14.7 Å². The molecule has 1 aliphatic rings. The lowest BCUT2D eigenvalue weighted by Crippen LogP contribution is -2.49. The number of pyridine rings is 1. The number of imidazole rings is 1. The monoisotopic (exact) mass is 433 g/mol. The van der Waals surface area contributed by atoms with Gasteiger partial charge in [-0.2, -0.15) is 0 Å². The first-order valence-electron chi connectivity index (χ1n) is 11.1. The van der Waals surface area contributed by atoms with Crippen molar-refractivity contribution in [3.05, 3.63) is 65.4 Å². The van der Waals surface area contributed by atoms with Crippen LogP contribution in [0.2, 0.25) is 0 Å².